The highest BCUT2D eigenvalue weighted by Crippen LogP contribution is 2.34. The largest absolute Gasteiger partial charge is 0.482 e. The Morgan fingerprint density at radius 1 is 0.662 bits per heavy atom. The first kappa shape index (κ1) is 48.0. The van der Waals surface area contributed by atoms with Gasteiger partial charge in [-0.15, -0.1) is 0 Å². The minimum absolute atomic E-state index is 0.00526. The number of pyridine rings is 1. The van der Waals surface area contributed by atoms with Gasteiger partial charge in [0.1, 0.15) is 10.6 Å². The van der Waals surface area contributed by atoms with E-state index in [1.54, 1.807) is 97.1 Å². The quantitative estimate of drug-likeness (QED) is 0.0964. The van der Waals surface area contributed by atoms with Crippen LogP contribution < -0.4 is 29.3 Å². The van der Waals surface area contributed by atoms with Crippen LogP contribution in [0.5, 0.6) is 5.75 Å². The van der Waals surface area contributed by atoms with E-state index in [2.05, 4.69) is 20.9 Å². The van der Waals surface area contributed by atoms with Gasteiger partial charge in [-0.3, -0.25) is 28.0 Å². The Bertz CT molecular complexity index is 2890. The van der Waals surface area contributed by atoms with Crippen molar-refractivity contribution < 1.29 is 36.0 Å². The topological polar surface area (TPSA) is 184 Å². The number of fused-ring (bicyclic) bond motifs is 1. The van der Waals surface area contributed by atoms with Gasteiger partial charge in [-0.05, 0) is 130 Å². The van der Waals surface area contributed by atoms with Crippen molar-refractivity contribution in [3.8, 4) is 5.75 Å². The minimum atomic E-state index is -4.12. The number of hydrogen-bond acceptors (Lipinski definition) is 9. The molecule has 1 aliphatic rings. The maximum Gasteiger partial charge on any atom is 0.266 e. The Morgan fingerprint density at radius 2 is 1.15 bits per heavy atom. The third-order valence-corrected chi connectivity index (χ3v) is 13.5. The molecule has 0 saturated carbocycles. The molecule has 6 aromatic rings. The Morgan fingerprint density at radius 3 is 1.62 bits per heavy atom. The summed E-state index contributed by atoms with van der Waals surface area (Å²) >= 11 is 12.0. The van der Waals surface area contributed by atoms with Crippen molar-refractivity contribution in [1.82, 2.24) is 15.6 Å². The summed E-state index contributed by atoms with van der Waals surface area (Å²) in [6.45, 7) is 7.35. The number of ether oxygens (including phenoxy) is 1. The summed E-state index contributed by atoms with van der Waals surface area (Å²) in [4.78, 5) is 40.7. The normalized spacial score (nSPS) is 12.2. The lowest BCUT2D eigenvalue weighted by atomic mass is 10.1. The molecule has 14 nitrogen and oxygen atoms in total. The van der Waals surface area contributed by atoms with Gasteiger partial charge in [0.2, 0.25) is 0 Å². The van der Waals surface area contributed by atoms with Crippen LogP contribution in [0.15, 0.2) is 150 Å². The van der Waals surface area contributed by atoms with E-state index in [4.69, 9.17) is 27.9 Å². The molecule has 0 spiro atoms. The van der Waals surface area contributed by atoms with Crippen LogP contribution >= 0.6 is 23.2 Å². The van der Waals surface area contributed by atoms with Crippen LogP contribution in [0.1, 0.15) is 59.5 Å². The molecule has 7 rings (SSSR count). The number of nitrogens with zero attached hydrogens (tertiary/aromatic N) is 3. The maximum absolute atomic E-state index is 13.9. The molecule has 0 unspecified atom stereocenters. The minimum Gasteiger partial charge on any atom is -0.482 e. The van der Waals surface area contributed by atoms with E-state index >= 15 is 0 Å². The van der Waals surface area contributed by atoms with Crippen LogP contribution in [-0.4, -0.2) is 58.2 Å². The number of sulfonamides is 2. The van der Waals surface area contributed by atoms with Crippen LogP contribution in [0.2, 0.25) is 10.0 Å². The Hall–Kier alpha value is -6.46. The van der Waals surface area contributed by atoms with Gasteiger partial charge in [-0.2, -0.15) is 0 Å². The van der Waals surface area contributed by atoms with Gasteiger partial charge in [-0.1, -0.05) is 59.6 Å². The zero-order valence-electron chi connectivity index (χ0n) is 35.7. The summed E-state index contributed by atoms with van der Waals surface area (Å²) < 4.78 is 62.4. The summed E-state index contributed by atoms with van der Waals surface area (Å²) in [6.07, 6.45) is 2.82. The van der Waals surface area contributed by atoms with E-state index < -0.39 is 20.0 Å². The average Bonchev–Trinajstić information content (AvgIpc) is 3.28. The van der Waals surface area contributed by atoms with E-state index in [0.717, 1.165) is 5.56 Å². The van der Waals surface area contributed by atoms with Crippen molar-refractivity contribution in [2.75, 3.05) is 20.5 Å². The van der Waals surface area contributed by atoms with Gasteiger partial charge in [0.05, 0.1) is 35.0 Å². The predicted octanol–water partition coefficient (Wildman–Crippen LogP) is 8.47. The third kappa shape index (κ3) is 12.4. The van der Waals surface area contributed by atoms with E-state index in [-0.39, 0.29) is 65.0 Å². The number of halogens is 2. The highest BCUT2D eigenvalue weighted by Gasteiger charge is 2.29. The molecule has 0 saturated heterocycles. The fourth-order valence-electron chi connectivity index (χ4n) is 6.41. The molecule has 0 aliphatic carbocycles. The number of nitrogens with one attached hydrogen (secondary N) is 3. The smallest absolute Gasteiger partial charge is 0.266 e. The van der Waals surface area contributed by atoms with Crippen LogP contribution in [0.3, 0.4) is 0 Å². The number of hydrogen-bond donors (Lipinski definition) is 3. The fraction of sp³-hybridized carbons (Fsp3) is 0.191. The number of rotatable bonds is 14. The molecular formula is C47H46Cl2N6O8S2. The molecule has 5 aromatic carbocycles. The number of amides is 3. The zero-order chi connectivity index (χ0) is 46.9. The van der Waals surface area contributed by atoms with Crippen LogP contribution in [0, 0.1) is 0 Å². The molecule has 3 amide bonds. The van der Waals surface area contributed by atoms with E-state index in [0.29, 0.717) is 43.9 Å². The van der Waals surface area contributed by atoms with Crippen LogP contribution in [0.4, 0.5) is 17.1 Å². The molecule has 1 aromatic heterocycles. The molecule has 0 atom stereocenters. The van der Waals surface area contributed by atoms with Gasteiger partial charge in [0, 0.05) is 45.6 Å². The van der Waals surface area contributed by atoms with Crippen molar-refractivity contribution >= 4 is 78.0 Å². The number of carbonyl (C=O) groups excluding carboxylic acids is 3. The molecule has 2 heterocycles. The Kier molecular flexibility index (Phi) is 15.5. The predicted molar refractivity (Wildman–Crippen MR) is 253 cm³/mol. The second kappa shape index (κ2) is 21.0. The van der Waals surface area contributed by atoms with Gasteiger partial charge in [0.25, 0.3) is 37.8 Å². The second-order valence-corrected chi connectivity index (χ2v) is 19.9. The van der Waals surface area contributed by atoms with Gasteiger partial charge < -0.3 is 20.7 Å². The average molecular weight is 958 g/mol. The van der Waals surface area contributed by atoms with E-state index in [9.17, 15) is 31.2 Å². The summed E-state index contributed by atoms with van der Waals surface area (Å²) in [5.41, 5.74) is 3.13. The number of carbonyl (C=O) groups is 3. The van der Waals surface area contributed by atoms with Gasteiger partial charge in [0.15, 0.2) is 6.61 Å². The summed E-state index contributed by atoms with van der Waals surface area (Å²) in [7, 11) is -8.04. The van der Waals surface area contributed by atoms with E-state index in [1.807, 2.05) is 27.7 Å². The highest BCUT2D eigenvalue weighted by atomic mass is 35.5. The molecule has 0 fully saturated rings. The van der Waals surface area contributed by atoms with E-state index in [1.165, 1.54) is 51.3 Å². The molecule has 3 N–H and O–H groups in total. The van der Waals surface area contributed by atoms with Crippen molar-refractivity contribution in [2.45, 2.75) is 62.7 Å². The standard InChI is InChI=1S/C25H24ClN3O5S.C22H22ClN3O3S/c1-16(2)27-25(31)18-4-3-5-20(12-18)29(14-17-6-8-19(26)9-7-17)35(32,33)21-10-11-23-22(13-21)28-24(30)15-34-23;1-16(2)25-22(27)18-5-3-6-20(13-18)26(15-17-8-10-19(23)11-9-17)30(28,29)21-7-4-12-24-14-21/h3-13,16H,14-15H2,1-2H3,(H,27,31)(H,28,30);3-14,16H,15H2,1-2H3,(H,25,27). The van der Waals surface area contributed by atoms with Gasteiger partial charge in [-0.25, -0.2) is 16.8 Å². The summed E-state index contributed by atoms with van der Waals surface area (Å²) in [6, 6.07) is 34.0. The summed E-state index contributed by atoms with van der Waals surface area (Å²) in [5, 5.41) is 9.36. The molecular weight excluding hydrogens is 912 g/mol. The summed E-state index contributed by atoms with van der Waals surface area (Å²) in [5.74, 6) is -0.550. The third-order valence-electron chi connectivity index (χ3n) is 9.51. The first-order chi connectivity index (χ1) is 30.9. The lowest BCUT2D eigenvalue weighted by Gasteiger charge is -2.26. The molecule has 0 bridgehead atoms. The zero-order valence-corrected chi connectivity index (χ0v) is 38.9. The lowest BCUT2D eigenvalue weighted by Crippen LogP contribution is -2.32. The van der Waals surface area contributed by atoms with Gasteiger partial charge >= 0.3 is 0 Å². The first-order valence-electron chi connectivity index (χ1n) is 20.2. The Labute approximate surface area is 388 Å². The fourth-order valence-corrected chi connectivity index (χ4v) is 9.55. The number of anilines is 3. The monoisotopic (exact) mass is 956 g/mol. The lowest BCUT2D eigenvalue weighted by molar-refractivity contribution is -0.118. The van der Waals surface area contributed by atoms with Crippen molar-refractivity contribution in [1.29, 1.82) is 0 Å². The molecule has 0 radical (unpaired) electrons. The molecule has 1 aliphatic heterocycles. The first-order valence-corrected chi connectivity index (χ1v) is 23.9. The van der Waals surface area contributed by atoms with Crippen molar-refractivity contribution in [2.24, 2.45) is 0 Å². The number of aromatic nitrogens is 1. The van der Waals surface area contributed by atoms with Crippen LogP contribution in [-0.2, 0) is 37.9 Å². The highest BCUT2D eigenvalue weighted by molar-refractivity contribution is 7.93. The van der Waals surface area contributed by atoms with Crippen LogP contribution in [0.25, 0.3) is 0 Å². The molecule has 65 heavy (non-hydrogen) atoms. The number of benzene rings is 5. The molecule has 338 valence electrons. The SMILES string of the molecule is CC(C)NC(=O)c1cccc(N(Cc2ccc(Cl)cc2)S(=O)(=O)c2ccc3c(c2)NC(=O)CO3)c1.CC(C)NC(=O)c1cccc(N(Cc2ccc(Cl)cc2)S(=O)(=O)c2cccnc2)c1. The molecule has 18 heteroatoms. The second-order valence-electron chi connectivity index (χ2n) is 15.3. The maximum atomic E-state index is 13.9. The van der Waals surface area contributed by atoms with Crippen molar-refractivity contribution in [3.05, 3.63) is 172 Å². The van der Waals surface area contributed by atoms with Crippen molar-refractivity contribution in [3.63, 3.8) is 0 Å². The Balaban J connectivity index is 0.000000218.